The highest BCUT2D eigenvalue weighted by Crippen LogP contribution is 2.24. The zero-order chi connectivity index (χ0) is 13.2. The fourth-order valence-corrected chi connectivity index (χ4v) is 1.77. The third-order valence-corrected chi connectivity index (χ3v) is 2.92. The largest absolute Gasteiger partial charge is 0.444 e. The molecule has 0 aliphatic carbocycles. The molecule has 0 bridgehead atoms. The van der Waals surface area contributed by atoms with Gasteiger partial charge in [-0.25, -0.2) is 10.3 Å². The Kier molecular flexibility index (Phi) is 4.35. The number of hydrogen-bond acceptors (Lipinski definition) is 5. The SMILES string of the molecule is CC(NO)C(N)C1CCN1C(=O)OC(C)(C)C. The van der Waals surface area contributed by atoms with E-state index < -0.39 is 5.60 Å². The van der Waals surface area contributed by atoms with E-state index in [1.165, 1.54) is 0 Å². The molecule has 0 spiro atoms. The number of carbonyl (C=O) groups is 1. The molecule has 1 amide bonds. The highest BCUT2D eigenvalue weighted by molar-refractivity contribution is 5.69. The maximum atomic E-state index is 11.8. The number of hydrogen-bond donors (Lipinski definition) is 3. The Hall–Kier alpha value is -0.850. The molecule has 6 heteroatoms. The van der Waals surface area contributed by atoms with E-state index in [4.69, 9.17) is 15.7 Å². The van der Waals surface area contributed by atoms with E-state index in [0.717, 1.165) is 6.42 Å². The van der Waals surface area contributed by atoms with Crippen LogP contribution in [-0.2, 0) is 4.74 Å². The Morgan fingerprint density at radius 2 is 2.18 bits per heavy atom. The van der Waals surface area contributed by atoms with Crippen molar-refractivity contribution in [3.05, 3.63) is 0 Å². The lowest BCUT2D eigenvalue weighted by atomic mass is 9.92. The summed E-state index contributed by atoms with van der Waals surface area (Å²) in [6.45, 7) is 7.92. The molecule has 0 saturated carbocycles. The summed E-state index contributed by atoms with van der Waals surface area (Å²) >= 11 is 0. The third kappa shape index (κ3) is 3.55. The van der Waals surface area contributed by atoms with Gasteiger partial charge in [-0.2, -0.15) is 0 Å². The summed E-state index contributed by atoms with van der Waals surface area (Å²) in [7, 11) is 0. The summed E-state index contributed by atoms with van der Waals surface area (Å²) < 4.78 is 5.28. The summed E-state index contributed by atoms with van der Waals surface area (Å²) in [5, 5.41) is 8.82. The normalized spacial score (nSPS) is 23.9. The lowest BCUT2D eigenvalue weighted by Gasteiger charge is -2.45. The number of nitrogens with two attached hydrogens (primary N) is 1. The summed E-state index contributed by atoms with van der Waals surface area (Å²) in [6.07, 6.45) is 0.501. The van der Waals surface area contributed by atoms with E-state index in [0.29, 0.717) is 6.54 Å². The Morgan fingerprint density at radius 3 is 2.53 bits per heavy atom. The Morgan fingerprint density at radius 1 is 1.59 bits per heavy atom. The average molecular weight is 245 g/mol. The number of nitrogens with zero attached hydrogens (tertiary/aromatic N) is 1. The van der Waals surface area contributed by atoms with Gasteiger partial charge in [0.1, 0.15) is 5.60 Å². The molecule has 0 aromatic rings. The molecule has 3 atom stereocenters. The molecule has 17 heavy (non-hydrogen) atoms. The van der Waals surface area contributed by atoms with Crippen LogP contribution in [-0.4, -0.2) is 46.5 Å². The maximum Gasteiger partial charge on any atom is 0.410 e. The van der Waals surface area contributed by atoms with Crippen LogP contribution in [0.25, 0.3) is 0 Å². The van der Waals surface area contributed by atoms with Gasteiger partial charge in [0.15, 0.2) is 0 Å². The van der Waals surface area contributed by atoms with Gasteiger partial charge in [0.05, 0.1) is 6.04 Å². The topological polar surface area (TPSA) is 87.8 Å². The van der Waals surface area contributed by atoms with Gasteiger partial charge in [0.2, 0.25) is 0 Å². The van der Waals surface area contributed by atoms with E-state index in [1.54, 1.807) is 11.8 Å². The van der Waals surface area contributed by atoms with Gasteiger partial charge in [-0.3, -0.25) is 0 Å². The number of nitrogens with one attached hydrogen (secondary N) is 1. The van der Waals surface area contributed by atoms with E-state index in [2.05, 4.69) is 5.48 Å². The first kappa shape index (κ1) is 14.2. The van der Waals surface area contributed by atoms with E-state index in [1.807, 2.05) is 20.8 Å². The van der Waals surface area contributed by atoms with Gasteiger partial charge < -0.3 is 20.6 Å². The van der Waals surface area contributed by atoms with Crippen LogP contribution in [0.4, 0.5) is 4.79 Å². The molecule has 1 heterocycles. The summed E-state index contributed by atoms with van der Waals surface area (Å²) in [4.78, 5) is 13.4. The van der Waals surface area contributed by atoms with Crippen molar-refractivity contribution in [2.75, 3.05) is 6.54 Å². The van der Waals surface area contributed by atoms with Crippen LogP contribution >= 0.6 is 0 Å². The van der Waals surface area contributed by atoms with E-state index in [9.17, 15) is 4.79 Å². The highest BCUT2D eigenvalue weighted by Gasteiger charge is 2.40. The van der Waals surface area contributed by atoms with Gasteiger partial charge in [-0.05, 0) is 34.1 Å². The molecule has 3 unspecified atom stereocenters. The van der Waals surface area contributed by atoms with Crippen molar-refractivity contribution < 1.29 is 14.7 Å². The standard InChI is InChI=1S/C11H23N3O3/c1-7(13-16)9(12)8-5-6-14(8)10(15)17-11(2,3)4/h7-9,13,16H,5-6,12H2,1-4H3. The van der Waals surface area contributed by atoms with Crippen molar-refractivity contribution in [2.45, 2.75) is 57.8 Å². The first-order chi connectivity index (χ1) is 7.76. The molecule has 1 fully saturated rings. The first-order valence-corrected chi connectivity index (χ1v) is 5.91. The van der Waals surface area contributed by atoms with E-state index in [-0.39, 0.29) is 24.2 Å². The minimum atomic E-state index is -0.498. The van der Waals surface area contributed by atoms with Crippen molar-refractivity contribution in [3.8, 4) is 0 Å². The molecule has 100 valence electrons. The molecule has 1 aliphatic heterocycles. The summed E-state index contributed by atoms with van der Waals surface area (Å²) in [6, 6.07) is -0.633. The van der Waals surface area contributed by atoms with Crippen LogP contribution in [0.2, 0.25) is 0 Å². The van der Waals surface area contributed by atoms with Crippen LogP contribution in [0.1, 0.15) is 34.1 Å². The first-order valence-electron chi connectivity index (χ1n) is 5.91. The van der Waals surface area contributed by atoms with Crippen LogP contribution in [0.15, 0.2) is 0 Å². The molecule has 6 nitrogen and oxygen atoms in total. The monoisotopic (exact) mass is 245 g/mol. The Bertz CT molecular complexity index is 278. The second kappa shape index (κ2) is 5.20. The number of likely N-dealkylation sites (tertiary alicyclic amines) is 1. The van der Waals surface area contributed by atoms with Gasteiger partial charge >= 0.3 is 6.09 Å². The van der Waals surface area contributed by atoms with Crippen LogP contribution < -0.4 is 11.2 Å². The zero-order valence-corrected chi connectivity index (χ0v) is 10.9. The zero-order valence-electron chi connectivity index (χ0n) is 10.9. The second-order valence-corrected chi connectivity index (χ2v) is 5.52. The summed E-state index contributed by atoms with van der Waals surface area (Å²) in [5.41, 5.74) is 7.57. The second-order valence-electron chi connectivity index (χ2n) is 5.52. The average Bonchev–Trinajstić information content (AvgIpc) is 2.11. The summed E-state index contributed by atoms with van der Waals surface area (Å²) in [5.74, 6) is 0. The van der Waals surface area contributed by atoms with Crippen molar-refractivity contribution in [3.63, 3.8) is 0 Å². The van der Waals surface area contributed by atoms with Crippen molar-refractivity contribution in [1.29, 1.82) is 0 Å². The fraction of sp³-hybridized carbons (Fsp3) is 0.909. The Balaban J connectivity index is 2.54. The number of rotatable bonds is 3. The number of ether oxygens (including phenoxy) is 1. The molecule has 0 aromatic heterocycles. The molecule has 1 rings (SSSR count). The van der Waals surface area contributed by atoms with Crippen molar-refractivity contribution in [1.82, 2.24) is 10.4 Å². The lowest BCUT2D eigenvalue weighted by Crippen LogP contribution is -2.64. The van der Waals surface area contributed by atoms with Gasteiger partial charge in [0.25, 0.3) is 0 Å². The molecule has 4 N–H and O–H groups in total. The van der Waals surface area contributed by atoms with E-state index >= 15 is 0 Å². The molecule has 1 saturated heterocycles. The van der Waals surface area contributed by atoms with Gasteiger partial charge in [-0.1, -0.05) is 0 Å². The quantitative estimate of drug-likeness (QED) is 0.637. The highest BCUT2D eigenvalue weighted by atomic mass is 16.6. The van der Waals surface area contributed by atoms with Crippen molar-refractivity contribution in [2.24, 2.45) is 5.73 Å². The van der Waals surface area contributed by atoms with Gasteiger partial charge in [0, 0.05) is 18.6 Å². The van der Waals surface area contributed by atoms with Crippen LogP contribution in [0.3, 0.4) is 0 Å². The van der Waals surface area contributed by atoms with Crippen LogP contribution in [0.5, 0.6) is 0 Å². The lowest BCUT2D eigenvalue weighted by molar-refractivity contribution is -0.0168. The van der Waals surface area contributed by atoms with Gasteiger partial charge in [-0.15, -0.1) is 0 Å². The van der Waals surface area contributed by atoms with Crippen LogP contribution in [0, 0.1) is 0 Å². The number of carbonyl (C=O) groups excluding carboxylic acids is 1. The molecule has 1 aliphatic rings. The predicted octanol–water partition coefficient (Wildman–Crippen LogP) is 0.690. The maximum absolute atomic E-state index is 11.8. The minimum Gasteiger partial charge on any atom is -0.444 e. The molecule has 0 aromatic carbocycles. The molecular formula is C11H23N3O3. The molecule has 0 radical (unpaired) electrons. The smallest absolute Gasteiger partial charge is 0.410 e. The number of amides is 1. The number of hydroxylamine groups is 1. The Labute approximate surface area is 102 Å². The molecular weight excluding hydrogens is 222 g/mol. The third-order valence-electron chi connectivity index (χ3n) is 2.92. The fourth-order valence-electron chi connectivity index (χ4n) is 1.77. The predicted molar refractivity (Wildman–Crippen MR) is 63.7 cm³/mol. The minimum absolute atomic E-state index is 0.0699. The van der Waals surface area contributed by atoms with Crippen molar-refractivity contribution >= 4 is 6.09 Å².